The predicted octanol–water partition coefficient (Wildman–Crippen LogP) is 5.52. The van der Waals surface area contributed by atoms with Gasteiger partial charge in [-0.1, -0.05) is 67.9 Å². The maximum Gasteiger partial charge on any atom is 0.131 e. The Morgan fingerprint density at radius 3 is 2.36 bits per heavy atom. The Hall–Kier alpha value is -2.23. The molecule has 4 rings (SSSR count). The Bertz CT molecular complexity index is 936. The summed E-state index contributed by atoms with van der Waals surface area (Å²) in [7, 11) is 0. The molecule has 3 nitrogen and oxygen atoms in total. The summed E-state index contributed by atoms with van der Waals surface area (Å²) in [6.45, 7) is 7.34. The standard InChI is InChI=1S/C24H26ClN3/c1-17(2)24-26-22-13-15-28(16-18-6-4-3-5-7-18)14-12-21(22)23(27-24)19-8-10-20(25)11-9-19/h3-11,17H,12-16H2,1-2H3. The van der Waals surface area contributed by atoms with E-state index in [1.807, 2.05) is 12.1 Å². The van der Waals surface area contributed by atoms with Crippen molar-refractivity contribution in [2.45, 2.75) is 39.2 Å². The minimum atomic E-state index is 0.306. The van der Waals surface area contributed by atoms with Crippen LogP contribution in [0.2, 0.25) is 5.02 Å². The van der Waals surface area contributed by atoms with Crippen molar-refractivity contribution in [2.24, 2.45) is 0 Å². The van der Waals surface area contributed by atoms with Crippen LogP contribution in [0.4, 0.5) is 0 Å². The maximum absolute atomic E-state index is 6.11. The van der Waals surface area contributed by atoms with Gasteiger partial charge in [0, 0.05) is 53.8 Å². The number of rotatable bonds is 4. The average Bonchev–Trinajstić information content (AvgIpc) is 2.91. The molecule has 3 aromatic rings. The second-order valence-corrected chi connectivity index (χ2v) is 8.22. The van der Waals surface area contributed by atoms with Gasteiger partial charge in [0.05, 0.1) is 5.69 Å². The van der Waals surface area contributed by atoms with E-state index in [0.29, 0.717) is 5.92 Å². The van der Waals surface area contributed by atoms with Crippen LogP contribution in [-0.4, -0.2) is 28.0 Å². The Labute approximate surface area is 172 Å². The lowest BCUT2D eigenvalue weighted by molar-refractivity contribution is 0.279. The zero-order chi connectivity index (χ0) is 19.5. The molecular formula is C24H26ClN3. The predicted molar refractivity (Wildman–Crippen MR) is 116 cm³/mol. The Kier molecular flexibility index (Phi) is 5.74. The first kappa shape index (κ1) is 19.1. The average molecular weight is 392 g/mol. The van der Waals surface area contributed by atoms with Gasteiger partial charge in [-0.15, -0.1) is 0 Å². The first-order chi connectivity index (χ1) is 13.6. The molecule has 0 radical (unpaired) electrons. The maximum atomic E-state index is 6.11. The fourth-order valence-electron chi connectivity index (χ4n) is 3.77. The van der Waals surface area contributed by atoms with Crippen molar-refractivity contribution in [3.8, 4) is 11.3 Å². The summed E-state index contributed by atoms with van der Waals surface area (Å²) >= 11 is 6.11. The molecule has 0 fully saturated rings. The van der Waals surface area contributed by atoms with Gasteiger partial charge in [-0.2, -0.15) is 0 Å². The summed E-state index contributed by atoms with van der Waals surface area (Å²) in [5.74, 6) is 1.24. The highest BCUT2D eigenvalue weighted by molar-refractivity contribution is 6.30. The number of hydrogen-bond donors (Lipinski definition) is 0. The van der Waals surface area contributed by atoms with Crippen molar-refractivity contribution in [1.29, 1.82) is 0 Å². The molecule has 2 heterocycles. The molecule has 28 heavy (non-hydrogen) atoms. The van der Waals surface area contributed by atoms with Crippen LogP contribution in [-0.2, 0) is 19.4 Å². The molecule has 0 amide bonds. The highest BCUT2D eigenvalue weighted by Crippen LogP contribution is 2.29. The molecule has 4 heteroatoms. The van der Waals surface area contributed by atoms with E-state index in [-0.39, 0.29) is 0 Å². The molecule has 0 N–H and O–H groups in total. The van der Waals surface area contributed by atoms with Gasteiger partial charge < -0.3 is 0 Å². The van der Waals surface area contributed by atoms with Gasteiger partial charge in [0.2, 0.25) is 0 Å². The lowest BCUT2D eigenvalue weighted by atomic mass is 10.00. The van der Waals surface area contributed by atoms with E-state index in [1.165, 1.54) is 16.8 Å². The van der Waals surface area contributed by atoms with Crippen LogP contribution in [0.25, 0.3) is 11.3 Å². The van der Waals surface area contributed by atoms with E-state index in [1.54, 1.807) is 0 Å². The molecule has 0 bridgehead atoms. The summed E-state index contributed by atoms with van der Waals surface area (Å²) in [5.41, 5.74) is 6.07. The summed E-state index contributed by atoms with van der Waals surface area (Å²) < 4.78 is 0. The lowest BCUT2D eigenvalue weighted by Gasteiger charge is -2.19. The fourth-order valence-corrected chi connectivity index (χ4v) is 3.90. The zero-order valence-corrected chi connectivity index (χ0v) is 17.3. The first-order valence-corrected chi connectivity index (χ1v) is 10.4. The van der Waals surface area contributed by atoms with E-state index in [4.69, 9.17) is 21.6 Å². The van der Waals surface area contributed by atoms with Gasteiger partial charge in [0.25, 0.3) is 0 Å². The molecule has 1 aromatic heterocycles. The molecule has 1 aliphatic heterocycles. The smallest absolute Gasteiger partial charge is 0.131 e. The normalized spacial score (nSPS) is 14.7. The fraction of sp³-hybridized carbons (Fsp3) is 0.333. The van der Waals surface area contributed by atoms with Gasteiger partial charge in [-0.25, -0.2) is 9.97 Å². The van der Waals surface area contributed by atoms with Crippen molar-refractivity contribution in [3.05, 3.63) is 82.3 Å². The molecule has 1 aliphatic rings. The Morgan fingerprint density at radius 2 is 1.64 bits per heavy atom. The van der Waals surface area contributed by atoms with Gasteiger partial charge in [0.15, 0.2) is 0 Å². The molecule has 0 saturated carbocycles. The molecule has 0 saturated heterocycles. The molecule has 0 aliphatic carbocycles. The van der Waals surface area contributed by atoms with Gasteiger partial charge in [-0.3, -0.25) is 4.90 Å². The molecule has 0 unspecified atom stereocenters. The van der Waals surface area contributed by atoms with Crippen molar-refractivity contribution in [2.75, 3.05) is 13.1 Å². The third-order valence-electron chi connectivity index (χ3n) is 5.34. The molecular weight excluding hydrogens is 366 g/mol. The minimum absolute atomic E-state index is 0.306. The third-order valence-corrected chi connectivity index (χ3v) is 5.59. The first-order valence-electron chi connectivity index (χ1n) is 10.0. The highest BCUT2D eigenvalue weighted by Gasteiger charge is 2.21. The van der Waals surface area contributed by atoms with Gasteiger partial charge in [-0.05, 0) is 24.1 Å². The van der Waals surface area contributed by atoms with Crippen molar-refractivity contribution in [3.63, 3.8) is 0 Å². The monoisotopic (exact) mass is 391 g/mol. The summed E-state index contributed by atoms with van der Waals surface area (Å²) in [5, 5.41) is 0.752. The second kappa shape index (κ2) is 8.42. The van der Waals surface area contributed by atoms with Gasteiger partial charge in [0.1, 0.15) is 5.82 Å². The number of halogens is 1. The van der Waals surface area contributed by atoms with Crippen molar-refractivity contribution >= 4 is 11.6 Å². The van der Waals surface area contributed by atoms with Crippen LogP contribution in [0.3, 0.4) is 0 Å². The third kappa shape index (κ3) is 4.26. The SMILES string of the molecule is CC(C)c1nc2c(c(-c3ccc(Cl)cc3)n1)CCN(Cc1ccccc1)CC2. The van der Waals surface area contributed by atoms with Crippen LogP contribution in [0.5, 0.6) is 0 Å². The van der Waals surface area contributed by atoms with Crippen molar-refractivity contribution < 1.29 is 0 Å². The number of aromatic nitrogens is 2. The van der Waals surface area contributed by atoms with E-state index in [0.717, 1.165) is 54.6 Å². The molecule has 0 spiro atoms. The number of benzene rings is 2. The van der Waals surface area contributed by atoms with E-state index in [9.17, 15) is 0 Å². The Balaban J connectivity index is 1.66. The van der Waals surface area contributed by atoms with E-state index < -0.39 is 0 Å². The molecule has 2 aromatic carbocycles. The Morgan fingerprint density at radius 1 is 0.929 bits per heavy atom. The van der Waals surface area contributed by atoms with Crippen molar-refractivity contribution in [1.82, 2.24) is 14.9 Å². The topological polar surface area (TPSA) is 29.0 Å². The van der Waals surface area contributed by atoms with E-state index >= 15 is 0 Å². The number of hydrogen-bond acceptors (Lipinski definition) is 3. The zero-order valence-electron chi connectivity index (χ0n) is 16.5. The number of nitrogens with zero attached hydrogens (tertiary/aromatic N) is 3. The quantitative estimate of drug-likeness (QED) is 0.586. The van der Waals surface area contributed by atoms with Crippen LogP contribution in [0.1, 0.15) is 42.4 Å². The highest BCUT2D eigenvalue weighted by atomic mass is 35.5. The lowest BCUT2D eigenvalue weighted by Crippen LogP contribution is -2.25. The van der Waals surface area contributed by atoms with E-state index in [2.05, 4.69) is 61.2 Å². The van der Waals surface area contributed by atoms with Crippen LogP contribution >= 0.6 is 11.6 Å². The van der Waals surface area contributed by atoms with Crippen LogP contribution in [0.15, 0.2) is 54.6 Å². The van der Waals surface area contributed by atoms with Crippen LogP contribution in [0, 0.1) is 0 Å². The van der Waals surface area contributed by atoms with Crippen LogP contribution < -0.4 is 0 Å². The van der Waals surface area contributed by atoms with Gasteiger partial charge >= 0.3 is 0 Å². The molecule has 144 valence electrons. The molecule has 0 atom stereocenters. The number of fused-ring (bicyclic) bond motifs is 1. The largest absolute Gasteiger partial charge is 0.298 e. The summed E-state index contributed by atoms with van der Waals surface area (Å²) in [4.78, 5) is 12.4. The minimum Gasteiger partial charge on any atom is -0.298 e. The summed E-state index contributed by atoms with van der Waals surface area (Å²) in [6.07, 6.45) is 1.93. The second-order valence-electron chi connectivity index (χ2n) is 7.78. The summed E-state index contributed by atoms with van der Waals surface area (Å²) in [6, 6.07) is 18.7.